The van der Waals surface area contributed by atoms with Crippen LogP contribution in [0.3, 0.4) is 0 Å². The van der Waals surface area contributed by atoms with Crippen LogP contribution < -0.4 is 21.0 Å². The Morgan fingerprint density at radius 2 is 2.19 bits per heavy atom. The highest BCUT2D eigenvalue weighted by Crippen LogP contribution is 2.24. The predicted octanol–water partition coefficient (Wildman–Crippen LogP) is 2.72. The Morgan fingerprint density at radius 1 is 1.41 bits per heavy atom. The summed E-state index contributed by atoms with van der Waals surface area (Å²) < 4.78 is 10.6. The number of carbonyl (C=O) groups is 1. The van der Waals surface area contributed by atoms with Crippen molar-refractivity contribution in [1.29, 1.82) is 0 Å². The first-order valence-electron chi connectivity index (χ1n) is 9.12. The molecule has 1 aromatic carbocycles. The molecule has 7 heteroatoms. The molecular weight excluding hydrogens is 368 g/mol. The summed E-state index contributed by atoms with van der Waals surface area (Å²) >= 11 is 0. The van der Waals surface area contributed by atoms with Gasteiger partial charge in [-0.25, -0.2) is 4.79 Å². The van der Waals surface area contributed by atoms with Gasteiger partial charge in [0.05, 0.1) is 7.11 Å². The van der Waals surface area contributed by atoms with Crippen LogP contribution in [0.4, 0.5) is 0 Å². The largest absolute Gasteiger partial charge is 0.497 e. The van der Waals surface area contributed by atoms with Crippen molar-refractivity contribution in [2.45, 2.75) is 51.6 Å². The first kappa shape index (κ1) is 21.3. The second-order valence-corrected chi connectivity index (χ2v) is 6.91. The Bertz CT molecular complexity index is 865. The fourth-order valence-corrected chi connectivity index (χ4v) is 3.55. The summed E-state index contributed by atoms with van der Waals surface area (Å²) in [5.74, 6) is 0.613. The highest BCUT2D eigenvalue weighted by Gasteiger charge is 2.22. The third-order valence-electron chi connectivity index (χ3n) is 5.20. The van der Waals surface area contributed by atoms with E-state index in [2.05, 4.69) is 17.6 Å². The van der Waals surface area contributed by atoms with E-state index < -0.39 is 0 Å². The molecule has 2 aromatic rings. The maximum Gasteiger partial charge on any atom is 0.339 e. The molecule has 6 nitrogen and oxygen atoms in total. The number of carbonyl (C=O) groups excluding carboxylic acids is 1. The number of methoxy groups -OCH3 is 1. The lowest BCUT2D eigenvalue weighted by Crippen LogP contribution is -2.51. The average Bonchev–Trinajstić information content (AvgIpc) is 2.63. The third-order valence-corrected chi connectivity index (χ3v) is 5.20. The highest BCUT2D eigenvalue weighted by molar-refractivity contribution is 5.85. The second-order valence-electron chi connectivity index (χ2n) is 6.91. The molecule has 0 spiro atoms. The lowest BCUT2D eigenvalue weighted by Gasteiger charge is -2.30. The number of amides is 1. The number of benzene rings is 1. The van der Waals surface area contributed by atoms with Gasteiger partial charge in [-0.2, -0.15) is 0 Å². The van der Waals surface area contributed by atoms with Crippen molar-refractivity contribution in [2.24, 2.45) is 0 Å². The Morgan fingerprint density at radius 3 is 2.89 bits per heavy atom. The number of hydrogen-bond acceptors (Lipinski definition) is 5. The maximum absolute atomic E-state index is 12.4. The van der Waals surface area contributed by atoms with Crippen LogP contribution in [0.5, 0.6) is 5.75 Å². The molecule has 1 aliphatic rings. The fourth-order valence-electron chi connectivity index (χ4n) is 3.55. The van der Waals surface area contributed by atoms with E-state index >= 15 is 0 Å². The maximum atomic E-state index is 12.4. The SMILES string of the molecule is COc1ccc2c(C)c(CCC(=O)NC3CCCNC3C)c(=O)oc2c1.Cl. The molecule has 148 valence electrons. The van der Waals surface area contributed by atoms with Gasteiger partial charge in [-0.15, -0.1) is 12.4 Å². The van der Waals surface area contributed by atoms with E-state index in [0.29, 0.717) is 23.3 Å². The Balaban J connectivity index is 0.00000261. The van der Waals surface area contributed by atoms with E-state index in [-0.39, 0.29) is 42.4 Å². The van der Waals surface area contributed by atoms with E-state index in [0.717, 1.165) is 30.3 Å². The van der Waals surface area contributed by atoms with Crippen molar-refractivity contribution in [2.75, 3.05) is 13.7 Å². The van der Waals surface area contributed by atoms with Crippen LogP contribution in [-0.4, -0.2) is 31.6 Å². The van der Waals surface area contributed by atoms with Crippen molar-refractivity contribution in [1.82, 2.24) is 10.6 Å². The summed E-state index contributed by atoms with van der Waals surface area (Å²) in [6.07, 6.45) is 2.69. The quantitative estimate of drug-likeness (QED) is 0.762. The van der Waals surface area contributed by atoms with Crippen LogP contribution in [0.2, 0.25) is 0 Å². The van der Waals surface area contributed by atoms with Crippen LogP contribution >= 0.6 is 12.4 Å². The predicted molar refractivity (Wildman–Crippen MR) is 108 cm³/mol. The van der Waals surface area contributed by atoms with Gasteiger partial charge in [-0.3, -0.25) is 4.79 Å². The van der Waals surface area contributed by atoms with Gasteiger partial charge in [0.1, 0.15) is 11.3 Å². The normalized spacial score (nSPS) is 19.4. The number of piperidine rings is 1. The minimum Gasteiger partial charge on any atom is -0.497 e. The van der Waals surface area contributed by atoms with Crippen LogP contribution in [0.15, 0.2) is 27.4 Å². The molecule has 1 aliphatic heterocycles. The summed E-state index contributed by atoms with van der Waals surface area (Å²) in [5, 5.41) is 7.31. The number of fused-ring (bicyclic) bond motifs is 1. The minimum atomic E-state index is -0.385. The number of ether oxygens (including phenoxy) is 1. The zero-order valence-electron chi connectivity index (χ0n) is 16.0. The van der Waals surface area contributed by atoms with Crippen molar-refractivity contribution < 1.29 is 13.9 Å². The number of aryl methyl sites for hydroxylation is 1. The summed E-state index contributed by atoms with van der Waals surface area (Å²) in [5.41, 5.74) is 1.54. The van der Waals surface area contributed by atoms with Crippen molar-refractivity contribution >= 4 is 29.3 Å². The lowest BCUT2D eigenvalue weighted by molar-refractivity contribution is -0.122. The van der Waals surface area contributed by atoms with Gasteiger partial charge in [0.15, 0.2) is 0 Å². The van der Waals surface area contributed by atoms with Gasteiger partial charge in [-0.1, -0.05) is 0 Å². The molecule has 0 bridgehead atoms. The van der Waals surface area contributed by atoms with E-state index in [4.69, 9.17) is 9.15 Å². The van der Waals surface area contributed by atoms with Gasteiger partial charge >= 0.3 is 5.63 Å². The van der Waals surface area contributed by atoms with Gasteiger partial charge in [0, 0.05) is 35.5 Å². The number of hydrogen-bond donors (Lipinski definition) is 2. The zero-order valence-corrected chi connectivity index (χ0v) is 16.8. The number of halogens is 1. The van der Waals surface area contributed by atoms with Gasteiger partial charge in [-0.05, 0) is 57.4 Å². The molecule has 1 saturated heterocycles. The molecular formula is C20H27ClN2O4. The smallest absolute Gasteiger partial charge is 0.339 e. The zero-order chi connectivity index (χ0) is 18.7. The monoisotopic (exact) mass is 394 g/mol. The molecule has 2 N–H and O–H groups in total. The summed E-state index contributed by atoms with van der Waals surface area (Å²) in [6, 6.07) is 5.85. The van der Waals surface area contributed by atoms with Crippen molar-refractivity contribution in [3.05, 3.63) is 39.7 Å². The van der Waals surface area contributed by atoms with E-state index in [1.54, 1.807) is 13.2 Å². The molecule has 0 saturated carbocycles. The standard InChI is InChI=1S/C20H26N2O4.ClH/c1-12-15-7-6-14(25-3)11-18(15)26-20(24)16(12)8-9-19(23)22-17-5-4-10-21-13(17)2;/h6-7,11,13,17,21H,4-5,8-10H2,1-3H3,(H,22,23);1H. The molecule has 2 heterocycles. The Hall–Kier alpha value is -2.05. The van der Waals surface area contributed by atoms with Crippen LogP contribution in [0.25, 0.3) is 11.0 Å². The number of rotatable bonds is 5. The summed E-state index contributed by atoms with van der Waals surface area (Å²) in [7, 11) is 1.57. The van der Waals surface area contributed by atoms with E-state index in [1.807, 2.05) is 19.1 Å². The van der Waals surface area contributed by atoms with Crippen LogP contribution in [0.1, 0.15) is 37.3 Å². The minimum absolute atomic E-state index is 0. The number of nitrogens with one attached hydrogen (secondary N) is 2. The highest BCUT2D eigenvalue weighted by atomic mass is 35.5. The van der Waals surface area contributed by atoms with Gasteiger partial charge in [0.25, 0.3) is 0 Å². The van der Waals surface area contributed by atoms with Crippen LogP contribution in [-0.2, 0) is 11.2 Å². The average molecular weight is 395 g/mol. The first-order chi connectivity index (χ1) is 12.5. The molecule has 3 rings (SSSR count). The summed E-state index contributed by atoms with van der Waals surface area (Å²) in [6.45, 7) is 4.97. The third kappa shape index (κ3) is 4.82. The van der Waals surface area contributed by atoms with E-state index in [9.17, 15) is 9.59 Å². The Labute approximate surface area is 165 Å². The molecule has 2 unspecified atom stereocenters. The van der Waals surface area contributed by atoms with E-state index in [1.165, 1.54) is 0 Å². The summed E-state index contributed by atoms with van der Waals surface area (Å²) in [4.78, 5) is 24.7. The van der Waals surface area contributed by atoms with Crippen molar-refractivity contribution in [3.63, 3.8) is 0 Å². The van der Waals surface area contributed by atoms with Crippen LogP contribution in [0, 0.1) is 6.92 Å². The molecule has 0 aliphatic carbocycles. The molecule has 0 radical (unpaired) electrons. The molecule has 2 atom stereocenters. The lowest BCUT2D eigenvalue weighted by atomic mass is 9.99. The Kier molecular flexibility index (Phi) is 7.27. The first-order valence-corrected chi connectivity index (χ1v) is 9.12. The fraction of sp³-hybridized carbons (Fsp3) is 0.500. The topological polar surface area (TPSA) is 80.6 Å². The van der Waals surface area contributed by atoms with Crippen molar-refractivity contribution in [3.8, 4) is 5.75 Å². The molecule has 1 amide bonds. The molecule has 27 heavy (non-hydrogen) atoms. The van der Waals surface area contributed by atoms with Gasteiger partial charge in [0.2, 0.25) is 5.91 Å². The second kappa shape index (κ2) is 9.24. The molecule has 1 aromatic heterocycles. The molecule has 1 fully saturated rings. The van der Waals surface area contributed by atoms with Gasteiger partial charge < -0.3 is 19.8 Å².